The molecule has 5 rings (SSSR count). The molecule has 0 unspecified atom stereocenters. The van der Waals surface area contributed by atoms with Crippen LogP contribution in [0.4, 0.5) is 11.6 Å². The molecule has 2 saturated heterocycles. The van der Waals surface area contributed by atoms with Gasteiger partial charge in [0.1, 0.15) is 6.07 Å². The minimum atomic E-state index is 0.00697. The van der Waals surface area contributed by atoms with Gasteiger partial charge >= 0.3 is 0 Å². The average Bonchev–Trinajstić information content (AvgIpc) is 3.54. The average molecular weight is 431 g/mol. The van der Waals surface area contributed by atoms with E-state index < -0.39 is 0 Å². The van der Waals surface area contributed by atoms with Crippen molar-refractivity contribution in [1.82, 2.24) is 9.88 Å². The van der Waals surface area contributed by atoms with Crippen LogP contribution in [0, 0.1) is 17.2 Å². The molecule has 2 fully saturated rings. The molecule has 8 heteroatoms. The molecule has 8 nitrogen and oxygen atoms in total. The highest BCUT2D eigenvalue weighted by atomic mass is 16.4. The zero-order valence-electron chi connectivity index (χ0n) is 17.8. The highest BCUT2D eigenvalue weighted by Crippen LogP contribution is 2.32. The minimum absolute atomic E-state index is 0.00697. The van der Waals surface area contributed by atoms with E-state index in [4.69, 9.17) is 8.83 Å². The van der Waals surface area contributed by atoms with E-state index in [2.05, 4.69) is 28.1 Å². The van der Waals surface area contributed by atoms with Crippen LogP contribution >= 0.6 is 0 Å². The van der Waals surface area contributed by atoms with Gasteiger partial charge in [-0.25, -0.2) is 0 Å². The van der Waals surface area contributed by atoms with E-state index in [-0.39, 0.29) is 17.5 Å². The third-order valence-corrected chi connectivity index (χ3v) is 6.29. The van der Waals surface area contributed by atoms with E-state index in [1.165, 1.54) is 5.69 Å². The van der Waals surface area contributed by atoms with Crippen LogP contribution < -0.4 is 9.80 Å². The Bertz CT molecular complexity index is 1090. The Balaban J connectivity index is 1.18. The van der Waals surface area contributed by atoms with E-state index in [1.807, 2.05) is 28.0 Å². The Labute approximate surface area is 186 Å². The molecule has 0 spiro atoms. The summed E-state index contributed by atoms with van der Waals surface area (Å²) in [7, 11) is 0. The molecule has 2 aliphatic heterocycles. The fourth-order valence-electron chi connectivity index (χ4n) is 4.52. The SMILES string of the molecule is N#Cc1nc(-c2ccco2)oc1N1CCC(C(=O)N2CCN(c3ccccc3)CC2)CC1. The molecule has 1 amide bonds. The van der Waals surface area contributed by atoms with Gasteiger partial charge in [-0.2, -0.15) is 10.2 Å². The second kappa shape index (κ2) is 8.79. The number of aromatic nitrogens is 1. The first kappa shape index (κ1) is 20.2. The van der Waals surface area contributed by atoms with E-state index in [1.54, 1.807) is 18.4 Å². The maximum absolute atomic E-state index is 13.1. The topological polar surface area (TPSA) is 89.8 Å². The largest absolute Gasteiger partial charge is 0.459 e. The van der Waals surface area contributed by atoms with Crippen molar-refractivity contribution in [1.29, 1.82) is 5.26 Å². The van der Waals surface area contributed by atoms with Gasteiger partial charge in [-0.1, -0.05) is 18.2 Å². The van der Waals surface area contributed by atoms with E-state index in [0.29, 0.717) is 30.6 Å². The van der Waals surface area contributed by atoms with Crippen LogP contribution in [0.2, 0.25) is 0 Å². The molecule has 0 saturated carbocycles. The Morgan fingerprint density at radius 2 is 1.72 bits per heavy atom. The molecular formula is C24H25N5O3. The molecule has 164 valence electrons. The van der Waals surface area contributed by atoms with Gasteiger partial charge in [0.25, 0.3) is 5.89 Å². The quantitative estimate of drug-likeness (QED) is 0.626. The second-order valence-electron chi connectivity index (χ2n) is 8.17. The van der Waals surface area contributed by atoms with Crippen molar-refractivity contribution in [2.24, 2.45) is 5.92 Å². The molecule has 0 aliphatic carbocycles. The van der Waals surface area contributed by atoms with Crippen LogP contribution in [0.25, 0.3) is 11.7 Å². The van der Waals surface area contributed by atoms with Crippen LogP contribution in [-0.2, 0) is 4.79 Å². The number of para-hydroxylation sites is 1. The van der Waals surface area contributed by atoms with Crippen molar-refractivity contribution in [2.45, 2.75) is 12.8 Å². The Hall–Kier alpha value is -3.73. The number of carbonyl (C=O) groups is 1. The maximum atomic E-state index is 13.1. The Morgan fingerprint density at radius 1 is 0.969 bits per heavy atom. The standard InChI is InChI=1S/C24H25N5O3/c25-17-20-24(32-22(26-20)21-7-4-16-31-21)29-10-8-18(9-11-29)23(30)28-14-12-27(13-15-28)19-5-2-1-3-6-19/h1-7,16,18H,8-15H2. The first-order valence-electron chi connectivity index (χ1n) is 11.0. The number of hydrogen-bond donors (Lipinski definition) is 0. The van der Waals surface area contributed by atoms with Crippen molar-refractivity contribution in [2.75, 3.05) is 49.1 Å². The third-order valence-electron chi connectivity index (χ3n) is 6.29. The number of piperidine rings is 1. The van der Waals surface area contributed by atoms with Gasteiger partial charge in [0.05, 0.1) is 6.26 Å². The fourth-order valence-corrected chi connectivity index (χ4v) is 4.52. The fraction of sp³-hybridized carbons (Fsp3) is 0.375. The van der Waals surface area contributed by atoms with Gasteiger partial charge in [0.15, 0.2) is 5.76 Å². The smallest absolute Gasteiger partial charge is 0.266 e. The van der Waals surface area contributed by atoms with Gasteiger partial charge in [-0.3, -0.25) is 4.79 Å². The predicted molar refractivity (Wildman–Crippen MR) is 119 cm³/mol. The molecule has 3 aromatic rings. The molecule has 0 N–H and O–H groups in total. The summed E-state index contributed by atoms with van der Waals surface area (Å²) < 4.78 is 11.2. The monoisotopic (exact) mass is 431 g/mol. The van der Waals surface area contributed by atoms with Crippen LogP contribution in [0.3, 0.4) is 0 Å². The van der Waals surface area contributed by atoms with Crippen molar-refractivity contribution in [3.63, 3.8) is 0 Å². The van der Waals surface area contributed by atoms with Crippen LogP contribution in [0.15, 0.2) is 57.6 Å². The molecule has 0 bridgehead atoms. The molecule has 0 radical (unpaired) electrons. The number of anilines is 2. The van der Waals surface area contributed by atoms with Crippen molar-refractivity contribution in [3.05, 3.63) is 54.4 Å². The summed E-state index contributed by atoms with van der Waals surface area (Å²) in [5.74, 6) is 1.50. The molecule has 2 aromatic heterocycles. The number of hydrogen-bond acceptors (Lipinski definition) is 7. The molecule has 2 aliphatic rings. The van der Waals surface area contributed by atoms with Gasteiger partial charge < -0.3 is 23.5 Å². The lowest BCUT2D eigenvalue weighted by atomic mass is 9.95. The lowest BCUT2D eigenvalue weighted by Gasteiger charge is -2.39. The van der Waals surface area contributed by atoms with Crippen molar-refractivity contribution >= 4 is 17.5 Å². The molecule has 32 heavy (non-hydrogen) atoms. The number of benzene rings is 1. The first-order valence-corrected chi connectivity index (χ1v) is 11.0. The molecule has 4 heterocycles. The third kappa shape index (κ3) is 3.94. The lowest BCUT2D eigenvalue weighted by Crippen LogP contribution is -2.51. The molecule has 1 aromatic carbocycles. The van der Waals surface area contributed by atoms with Crippen LogP contribution in [0.1, 0.15) is 18.5 Å². The maximum Gasteiger partial charge on any atom is 0.266 e. The summed E-state index contributed by atoms with van der Waals surface area (Å²) >= 11 is 0. The summed E-state index contributed by atoms with van der Waals surface area (Å²) in [4.78, 5) is 23.7. The Kier molecular flexibility index (Phi) is 5.55. The molecular weight excluding hydrogens is 406 g/mol. The van der Waals surface area contributed by atoms with Gasteiger partial charge in [0, 0.05) is 50.9 Å². The van der Waals surface area contributed by atoms with Crippen molar-refractivity contribution in [3.8, 4) is 17.7 Å². The minimum Gasteiger partial charge on any atom is -0.459 e. The van der Waals surface area contributed by atoms with Crippen LogP contribution in [0.5, 0.6) is 0 Å². The number of nitrogens with zero attached hydrogens (tertiary/aromatic N) is 5. The van der Waals surface area contributed by atoms with Crippen molar-refractivity contribution < 1.29 is 13.6 Å². The number of rotatable bonds is 4. The number of oxazole rings is 1. The van der Waals surface area contributed by atoms with Gasteiger partial charge in [-0.15, -0.1) is 0 Å². The van der Waals surface area contributed by atoms with E-state index >= 15 is 0 Å². The second-order valence-corrected chi connectivity index (χ2v) is 8.17. The highest BCUT2D eigenvalue weighted by molar-refractivity contribution is 5.79. The van der Waals surface area contributed by atoms with Gasteiger partial charge in [-0.05, 0) is 37.1 Å². The van der Waals surface area contributed by atoms with Gasteiger partial charge in [0.2, 0.25) is 17.5 Å². The number of amides is 1. The molecule has 0 atom stereocenters. The Morgan fingerprint density at radius 3 is 2.38 bits per heavy atom. The number of carbonyl (C=O) groups excluding carboxylic acids is 1. The summed E-state index contributed by atoms with van der Waals surface area (Å²) in [6.07, 6.45) is 3.01. The zero-order valence-corrected chi connectivity index (χ0v) is 17.8. The van der Waals surface area contributed by atoms with Crippen LogP contribution in [-0.4, -0.2) is 55.1 Å². The predicted octanol–water partition coefficient (Wildman–Crippen LogP) is 3.37. The summed E-state index contributed by atoms with van der Waals surface area (Å²) in [5.41, 5.74) is 1.46. The highest BCUT2D eigenvalue weighted by Gasteiger charge is 2.32. The van der Waals surface area contributed by atoms with E-state index in [9.17, 15) is 10.1 Å². The van der Waals surface area contributed by atoms with E-state index in [0.717, 1.165) is 39.0 Å². The lowest BCUT2D eigenvalue weighted by molar-refractivity contribution is -0.136. The normalized spacial score (nSPS) is 17.4. The number of furan rings is 1. The number of nitriles is 1. The summed E-state index contributed by atoms with van der Waals surface area (Å²) in [6, 6.07) is 16.0. The first-order chi connectivity index (χ1) is 15.7. The summed E-state index contributed by atoms with van der Waals surface area (Å²) in [5, 5.41) is 9.48. The number of piperazine rings is 1. The zero-order chi connectivity index (χ0) is 21.9. The summed E-state index contributed by atoms with van der Waals surface area (Å²) in [6.45, 7) is 4.52.